The van der Waals surface area contributed by atoms with E-state index in [1.54, 1.807) is 0 Å². The first-order valence-corrected chi connectivity index (χ1v) is 5.39. The van der Waals surface area contributed by atoms with Crippen molar-refractivity contribution in [1.29, 1.82) is 0 Å². The Bertz CT molecular complexity index is 250. The molecule has 3 heteroatoms. The highest BCUT2D eigenvalue weighted by Crippen LogP contribution is 2.33. The number of hydrogen-bond acceptors (Lipinski definition) is 2. The zero-order valence-corrected chi connectivity index (χ0v) is 8.53. The van der Waals surface area contributed by atoms with Crippen LogP contribution in [-0.2, 0) is 9.53 Å². The molecule has 0 spiro atoms. The summed E-state index contributed by atoms with van der Waals surface area (Å²) in [5.74, 6) is 1.00. The average molecular weight is 195 g/mol. The third-order valence-electron chi connectivity index (χ3n) is 3.06. The maximum Gasteiger partial charge on any atom is 0.222 e. The van der Waals surface area contributed by atoms with Crippen LogP contribution in [-0.4, -0.2) is 18.7 Å². The lowest BCUT2D eigenvalue weighted by molar-refractivity contribution is -0.135. The van der Waals surface area contributed by atoms with E-state index in [4.69, 9.17) is 4.74 Å². The summed E-state index contributed by atoms with van der Waals surface area (Å²) in [6.45, 7) is 2.63. The standard InChI is InChI=1S/C11H17NO2/c1-2-14-11-9-6-4-3-5-8(9)7-10(13)12-11/h3,5,8-9,11H,2,4,6-7H2,1H3,(H,12,13)/t8-,9-,11?/m0/s1. The molecule has 1 amide bonds. The van der Waals surface area contributed by atoms with E-state index in [1.165, 1.54) is 0 Å². The zero-order chi connectivity index (χ0) is 9.97. The second-order valence-electron chi connectivity index (χ2n) is 3.98. The van der Waals surface area contributed by atoms with Crippen LogP contribution in [0.25, 0.3) is 0 Å². The lowest BCUT2D eigenvalue weighted by Crippen LogP contribution is -2.50. The summed E-state index contributed by atoms with van der Waals surface area (Å²) in [5, 5.41) is 2.92. The molecule has 0 aromatic heterocycles. The van der Waals surface area contributed by atoms with Crippen molar-refractivity contribution in [1.82, 2.24) is 5.32 Å². The summed E-state index contributed by atoms with van der Waals surface area (Å²) in [6.07, 6.45) is 7.18. The fourth-order valence-corrected chi connectivity index (χ4v) is 2.40. The number of nitrogens with one attached hydrogen (secondary N) is 1. The van der Waals surface area contributed by atoms with Crippen molar-refractivity contribution in [3.63, 3.8) is 0 Å². The van der Waals surface area contributed by atoms with Crippen LogP contribution in [0.2, 0.25) is 0 Å². The molecule has 14 heavy (non-hydrogen) atoms. The lowest BCUT2D eigenvalue weighted by atomic mass is 9.78. The molecule has 1 aliphatic heterocycles. The number of hydrogen-bond donors (Lipinski definition) is 1. The van der Waals surface area contributed by atoms with E-state index < -0.39 is 0 Å². The minimum atomic E-state index is -0.0591. The smallest absolute Gasteiger partial charge is 0.222 e. The van der Waals surface area contributed by atoms with Crippen molar-refractivity contribution in [3.8, 4) is 0 Å². The molecule has 1 aliphatic carbocycles. The van der Waals surface area contributed by atoms with Gasteiger partial charge >= 0.3 is 0 Å². The zero-order valence-electron chi connectivity index (χ0n) is 8.53. The predicted octanol–water partition coefficient (Wildman–Crippen LogP) is 1.45. The van der Waals surface area contributed by atoms with Crippen LogP contribution < -0.4 is 5.32 Å². The lowest BCUT2D eigenvalue weighted by Gasteiger charge is -2.38. The molecule has 1 N–H and O–H groups in total. The van der Waals surface area contributed by atoms with Gasteiger partial charge in [0.2, 0.25) is 5.91 Å². The van der Waals surface area contributed by atoms with Crippen molar-refractivity contribution in [2.75, 3.05) is 6.61 Å². The Kier molecular flexibility index (Phi) is 2.87. The minimum absolute atomic E-state index is 0.0591. The minimum Gasteiger partial charge on any atom is -0.358 e. The summed E-state index contributed by atoms with van der Waals surface area (Å²) in [7, 11) is 0. The Morgan fingerprint density at radius 1 is 1.64 bits per heavy atom. The third kappa shape index (κ3) is 1.82. The molecule has 1 heterocycles. The van der Waals surface area contributed by atoms with Gasteiger partial charge < -0.3 is 10.1 Å². The highest BCUT2D eigenvalue weighted by molar-refractivity contribution is 5.77. The summed E-state index contributed by atoms with van der Waals surface area (Å²) >= 11 is 0. The van der Waals surface area contributed by atoms with Crippen LogP contribution in [0.1, 0.15) is 26.2 Å². The number of ether oxygens (including phenoxy) is 1. The van der Waals surface area contributed by atoms with Gasteiger partial charge in [0.25, 0.3) is 0 Å². The van der Waals surface area contributed by atoms with Gasteiger partial charge in [-0.25, -0.2) is 0 Å². The van der Waals surface area contributed by atoms with Gasteiger partial charge in [-0.2, -0.15) is 0 Å². The van der Waals surface area contributed by atoms with Gasteiger partial charge in [0.1, 0.15) is 6.23 Å². The van der Waals surface area contributed by atoms with Crippen molar-refractivity contribution in [2.45, 2.75) is 32.4 Å². The van der Waals surface area contributed by atoms with Crippen molar-refractivity contribution < 1.29 is 9.53 Å². The highest BCUT2D eigenvalue weighted by atomic mass is 16.5. The molecule has 0 radical (unpaired) electrons. The summed E-state index contributed by atoms with van der Waals surface area (Å²) < 4.78 is 5.56. The van der Waals surface area contributed by atoms with Crippen LogP contribution in [0.4, 0.5) is 0 Å². The first kappa shape index (κ1) is 9.71. The van der Waals surface area contributed by atoms with Crippen molar-refractivity contribution in [2.24, 2.45) is 11.8 Å². The number of allylic oxidation sites excluding steroid dienone is 2. The number of amides is 1. The van der Waals surface area contributed by atoms with Crippen LogP contribution >= 0.6 is 0 Å². The van der Waals surface area contributed by atoms with Gasteiger partial charge in [-0.1, -0.05) is 12.2 Å². The van der Waals surface area contributed by atoms with E-state index in [9.17, 15) is 4.79 Å². The van der Waals surface area contributed by atoms with Gasteiger partial charge in [-0.3, -0.25) is 4.79 Å². The Morgan fingerprint density at radius 2 is 2.50 bits per heavy atom. The van der Waals surface area contributed by atoms with Gasteiger partial charge in [0, 0.05) is 18.9 Å². The second-order valence-corrected chi connectivity index (χ2v) is 3.98. The van der Waals surface area contributed by atoms with Gasteiger partial charge in [0.05, 0.1) is 0 Å². The molecule has 1 unspecified atom stereocenters. The third-order valence-corrected chi connectivity index (χ3v) is 3.06. The average Bonchev–Trinajstić information content (AvgIpc) is 2.18. The summed E-state index contributed by atoms with van der Waals surface area (Å²) in [6, 6.07) is 0. The number of fused-ring (bicyclic) bond motifs is 1. The fourth-order valence-electron chi connectivity index (χ4n) is 2.40. The quantitative estimate of drug-likeness (QED) is 0.677. The molecule has 1 fully saturated rings. The first-order valence-electron chi connectivity index (χ1n) is 5.39. The van der Waals surface area contributed by atoms with Gasteiger partial charge in [-0.15, -0.1) is 0 Å². The molecule has 78 valence electrons. The molecular weight excluding hydrogens is 178 g/mol. The molecule has 0 aromatic rings. The number of rotatable bonds is 2. The fraction of sp³-hybridized carbons (Fsp3) is 0.727. The van der Waals surface area contributed by atoms with E-state index in [-0.39, 0.29) is 12.1 Å². The molecule has 0 saturated carbocycles. The van der Waals surface area contributed by atoms with Crippen molar-refractivity contribution in [3.05, 3.63) is 12.2 Å². The van der Waals surface area contributed by atoms with Crippen LogP contribution in [0.3, 0.4) is 0 Å². The number of carbonyl (C=O) groups is 1. The molecule has 0 bridgehead atoms. The molecule has 2 rings (SSSR count). The van der Waals surface area contributed by atoms with Crippen molar-refractivity contribution >= 4 is 5.91 Å². The topological polar surface area (TPSA) is 38.3 Å². The molecule has 0 aromatic carbocycles. The normalized spacial score (nSPS) is 36.4. The molecular formula is C11H17NO2. The largest absolute Gasteiger partial charge is 0.358 e. The van der Waals surface area contributed by atoms with Gasteiger partial charge in [0.15, 0.2) is 0 Å². The first-order chi connectivity index (χ1) is 6.81. The Balaban J connectivity index is 2.09. The van der Waals surface area contributed by atoms with E-state index in [1.807, 2.05) is 6.92 Å². The molecule has 3 atom stereocenters. The van der Waals surface area contributed by atoms with Crippen LogP contribution in [0.5, 0.6) is 0 Å². The van der Waals surface area contributed by atoms with E-state index in [0.717, 1.165) is 12.8 Å². The van der Waals surface area contributed by atoms with E-state index in [0.29, 0.717) is 24.9 Å². The molecule has 2 aliphatic rings. The van der Waals surface area contributed by atoms with Crippen LogP contribution in [0, 0.1) is 11.8 Å². The Morgan fingerprint density at radius 3 is 3.29 bits per heavy atom. The Hall–Kier alpha value is -0.830. The molecule has 3 nitrogen and oxygen atoms in total. The molecule has 1 saturated heterocycles. The summed E-state index contributed by atoms with van der Waals surface area (Å²) in [5.41, 5.74) is 0. The maximum atomic E-state index is 11.4. The van der Waals surface area contributed by atoms with Gasteiger partial charge in [-0.05, 0) is 25.7 Å². The number of carbonyl (C=O) groups excluding carboxylic acids is 1. The SMILES string of the molecule is CCOC1NC(=O)C[C@@H]2C=CCC[C@H]12. The maximum absolute atomic E-state index is 11.4. The predicted molar refractivity (Wildman–Crippen MR) is 53.5 cm³/mol. The monoisotopic (exact) mass is 195 g/mol. The van der Waals surface area contributed by atoms with Crippen LogP contribution in [0.15, 0.2) is 12.2 Å². The second kappa shape index (κ2) is 4.13. The Labute approximate surface area is 84.5 Å². The summed E-state index contributed by atoms with van der Waals surface area (Å²) in [4.78, 5) is 11.4. The number of piperidine rings is 1. The van der Waals surface area contributed by atoms with E-state index >= 15 is 0 Å². The highest BCUT2D eigenvalue weighted by Gasteiger charge is 2.36. The van der Waals surface area contributed by atoms with E-state index in [2.05, 4.69) is 17.5 Å².